The first kappa shape index (κ1) is 15.9. The molecule has 1 heterocycles. The Labute approximate surface area is 114 Å². The third-order valence-electron chi connectivity index (χ3n) is 3.38. The van der Waals surface area contributed by atoms with Gasteiger partial charge in [0.2, 0.25) is 11.8 Å². The van der Waals surface area contributed by atoms with Gasteiger partial charge in [0, 0.05) is 6.54 Å². The van der Waals surface area contributed by atoms with Gasteiger partial charge in [-0.3, -0.25) is 9.59 Å². The highest BCUT2D eigenvalue weighted by Gasteiger charge is 2.44. The number of carbonyl (C=O) groups is 2. The molecule has 1 N–H and O–H groups in total. The Hall–Kier alpha value is -1.13. The molecule has 1 aliphatic heterocycles. The molecule has 0 aromatic carbocycles. The molecule has 2 amide bonds. The van der Waals surface area contributed by atoms with Crippen LogP contribution in [0.1, 0.15) is 41.0 Å². The molecule has 4 nitrogen and oxygen atoms in total. The molecule has 110 valence electrons. The highest BCUT2D eigenvalue weighted by Crippen LogP contribution is 2.26. The second kappa shape index (κ2) is 5.88. The number of nitrogens with zero attached hydrogens (tertiary/aromatic N) is 1. The summed E-state index contributed by atoms with van der Waals surface area (Å²) in [6.45, 7) is 9.04. The zero-order valence-corrected chi connectivity index (χ0v) is 12.5. The van der Waals surface area contributed by atoms with Crippen molar-refractivity contribution < 1.29 is 14.0 Å². The normalized spacial score (nSPS) is 24.9. The van der Waals surface area contributed by atoms with Gasteiger partial charge in [-0.05, 0) is 17.8 Å². The van der Waals surface area contributed by atoms with Crippen molar-refractivity contribution in [2.75, 3.05) is 13.2 Å². The maximum absolute atomic E-state index is 12.7. The summed E-state index contributed by atoms with van der Waals surface area (Å²) in [6.07, 6.45) is 0.564. The van der Waals surface area contributed by atoms with Gasteiger partial charge in [0.05, 0.1) is 0 Å². The summed E-state index contributed by atoms with van der Waals surface area (Å²) >= 11 is 0. The quantitative estimate of drug-likeness (QED) is 0.847. The molecule has 19 heavy (non-hydrogen) atoms. The summed E-state index contributed by atoms with van der Waals surface area (Å²) in [5.74, 6) is -0.0612. The fourth-order valence-electron chi connectivity index (χ4n) is 2.39. The van der Waals surface area contributed by atoms with Crippen LogP contribution in [0.3, 0.4) is 0 Å². The number of hydrogen-bond donors (Lipinski definition) is 1. The molecule has 0 aromatic heterocycles. The van der Waals surface area contributed by atoms with Crippen LogP contribution in [-0.4, -0.2) is 42.0 Å². The lowest BCUT2D eigenvalue weighted by Gasteiger charge is -2.43. The number of alkyl halides is 1. The Morgan fingerprint density at radius 3 is 2.32 bits per heavy atom. The second-order valence-electron chi connectivity index (χ2n) is 6.67. The molecule has 0 aromatic rings. The highest BCUT2D eigenvalue weighted by molar-refractivity contribution is 5.97. The molecule has 0 aliphatic carbocycles. The predicted octanol–water partition coefficient (Wildman–Crippen LogP) is 1.74. The van der Waals surface area contributed by atoms with E-state index < -0.39 is 18.8 Å². The zero-order chi connectivity index (χ0) is 14.8. The SMILES string of the molecule is CC(C)CC1C(=O)NC(C(C)(C)C)C(=O)N1CCF. The predicted molar refractivity (Wildman–Crippen MR) is 72.3 cm³/mol. The van der Waals surface area contributed by atoms with E-state index in [2.05, 4.69) is 5.32 Å². The fourth-order valence-corrected chi connectivity index (χ4v) is 2.39. The summed E-state index contributed by atoms with van der Waals surface area (Å²) < 4.78 is 12.7. The Morgan fingerprint density at radius 2 is 1.89 bits per heavy atom. The van der Waals surface area contributed by atoms with Crippen molar-refractivity contribution in [3.63, 3.8) is 0 Å². The summed E-state index contributed by atoms with van der Waals surface area (Å²) in [5.41, 5.74) is -0.371. The van der Waals surface area contributed by atoms with Crippen LogP contribution in [0.5, 0.6) is 0 Å². The van der Waals surface area contributed by atoms with E-state index in [0.717, 1.165) is 0 Å². The molecule has 1 aliphatic rings. The first-order chi connectivity index (χ1) is 8.68. The topological polar surface area (TPSA) is 49.4 Å². The fraction of sp³-hybridized carbons (Fsp3) is 0.857. The van der Waals surface area contributed by atoms with E-state index in [9.17, 15) is 14.0 Å². The number of rotatable bonds is 4. The Morgan fingerprint density at radius 1 is 1.32 bits per heavy atom. The number of carbonyl (C=O) groups excluding carboxylic acids is 2. The average Bonchev–Trinajstić information content (AvgIpc) is 2.26. The molecule has 1 rings (SSSR count). The van der Waals surface area contributed by atoms with E-state index in [1.54, 1.807) is 0 Å². The number of amides is 2. The van der Waals surface area contributed by atoms with Gasteiger partial charge in [-0.15, -0.1) is 0 Å². The van der Waals surface area contributed by atoms with Crippen LogP contribution < -0.4 is 5.32 Å². The Balaban J connectivity index is 2.99. The van der Waals surface area contributed by atoms with Gasteiger partial charge >= 0.3 is 0 Å². The van der Waals surface area contributed by atoms with Gasteiger partial charge in [0.1, 0.15) is 18.8 Å². The number of hydrogen-bond acceptors (Lipinski definition) is 2. The molecule has 2 unspecified atom stereocenters. The van der Waals surface area contributed by atoms with Crippen LogP contribution in [0.25, 0.3) is 0 Å². The van der Waals surface area contributed by atoms with E-state index in [-0.39, 0.29) is 29.7 Å². The summed E-state index contributed by atoms with van der Waals surface area (Å²) in [5, 5.41) is 2.80. The Kier molecular flexibility index (Phi) is 4.93. The maximum atomic E-state index is 12.7. The molecule has 5 heteroatoms. The van der Waals surface area contributed by atoms with Crippen LogP contribution in [0.4, 0.5) is 4.39 Å². The third kappa shape index (κ3) is 3.67. The van der Waals surface area contributed by atoms with E-state index in [0.29, 0.717) is 6.42 Å². The van der Waals surface area contributed by atoms with Crippen LogP contribution in [0.2, 0.25) is 0 Å². The highest BCUT2D eigenvalue weighted by atomic mass is 19.1. The monoisotopic (exact) mass is 272 g/mol. The third-order valence-corrected chi connectivity index (χ3v) is 3.38. The lowest BCUT2D eigenvalue weighted by Crippen LogP contribution is -2.67. The minimum atomic E-state index is -0.621. The maximum Gasteiger partial charge on any atom is 0.246 e. The first-order valence-electron chi connectivity index (χ1n) is 6.85. The van der Waals surface area contributed by atoms with Crippen LogP contribution in [-0.2, 0) is 9.59 Å². The smallest absolute Gasteiger partial charge is 0.246 e. The molecular formula is C14H25FN2O2. The molecule has 0 spiro atoms. The van der Waals surface area contributed by atoms with Crippen LogP contribution in [0.15, 0.2) is 0 Å². The van der Waals surface area contributed by atoms with Crippen molar-refractivity contribution in [1.82, 2.24) is 10.2 Å². The van der Waals surface area contributed by atoms with E-state index >= 15 is 0 Å². The van der Waals surface area contributed by atoms with Crippen LogP contribution in [0, 0.1) is 11.3 Å². The zero-order valence-electron chi connectivity index (χ0n) is 12.5. The molecule has 0 radical (unpaired) electrons. The van der Waals surface area contributed by atoms with Gasteiger partial charge in [0.15, 0.2) is 0 Å². The second-order valence-corrected chi connectivity index (χ2v) is 6.67. The van der Waals surface area contributed by atoms with Gasteiger partial charge in [-0.1, -0.05) is 34.6 Å². The molecule has 1 fully saturated rings. The van der Waals surface area contributed by atoms with Gasteiger partial charge < -0.3 is 10.2 Å². The van der Waals surface area contributed by atoms with E-state index in [4.69, 9.17) is 0 Å². The van der Waals surface area contributed by atoms with Gasteiger partial charge in [-0.25, -0.2) is 4.39 Å². The lowest BCUT2D eigenvalue weighted by molar-refractivity contribution is -0.153. The minimum Gasteiger partial charge on any atom is -0.342 e. The Bertz CT molecular complexity index is 350. The van der Waals surface area contributed by atoms with E-state index in [1.165, 1.54) is 4.90 Å². The van der Waals surface area contributed by atoms with Crippen molar-refractivity contribution in [2.24, 2.45) is 11.3 Å². The largest absolute Gasteiger partial charge is 0.342 e. The molecule has 1 saturated heterocycles. The number of halogens is 1. The minimum absolute atomic E-state index is 0.00375. The van der Waals surface area contributed by atoms with Gasteiger partial charge in [0.25, 0.3) is 0 Å². The molecule has 0 bridgehead atoms. The lowest BCUT2D eigenvalue weighted by atomic mass is 9.83. The summed E-state index contributed by atoms with van der Waals surface area (Å²) in [7, 11) is 0. The molecule has 0 saturated carbocycles. The summed E-state index contributed by atoms with van der Waals surface area (Å²) in [6, 6.07) is -1.11. The van der Waals surface area contributed by atoms with Crippen LogP contribution >= 0.6 is 0 Å². The van der Waals surface area contributed by atoms with E-state index in [1.807, 2.05) is 34.6 Å². The van der Waals surface area contributed by atoms with Crippen molar-refractivity contribution >= 4 is 11.8 Å². The average molecular weight is 272 g/mol. The first-order valence-corrected chi connectivity index (χ1v) is 6.85. The van der Waals surface area contributed by atoms with Crippen molar-refractivity contribution in [3.8, 4) is 0 Å². The van der Waals surface area contributed by atoms with Crippen molar-refractivity contribution in [2.45, 2.75) is 53.1 Å². The standard InChI is InChI=1S/C14H25FN2O2/c1-9(2)8-10-12(18)16-11(14(3,4)5)13(19)17(10)7-6-15/h9-11H,6-8H2,1-5H3,(H,16,18). The number of nitrogens with one attached hydrogen (secondary N) is 1. The molecule has 2 atom stereocenters. The van der Waals surface area contributed by atoms with Gasteiger partial charge in [-0.2, -0.15) is 0 Å². The summed E-state index contributed by atoms with van der Waals surface area (Å²) in [4.78, 5) is 26.0. The molecular weight excluding hydrogens is 247 g/mol. The van der Waals surface area contributed by atoms with Crippen molar-refractivity contribution in [3.05, 3.63) is 0 Å². The number of piperazine rings is 1. The van der Waals surface area contributed by atoms with Crippen molar-refractivity contribution in [1.29, 1.82) is 0 Å².